The van der Waals surface area contributed by atoms with E-state index >= 15 is 0 Å². The van der Waals surface area contributed by atoms with E-state index in [0.717, 1.165) is 24.0 Å². The van der Waals surface area contributed by atoms with Crippen LogP contribution in [-0.2, 0) is 23.9 Å². The van der Waals surface area contributed by atoms with Gasteiger partial charge in [-0.1, -0.05) is 43.2 Å². The fraction of sp³-hybridized carbons (Fsp3) is 0.625. The first kappa shape index (κ1) is 23.1. The van der Waals surface area contributed by atoms with E-state index in [-0.39, 0.29) is 41.5 Å². The Bertz CT molecular complexity index is 740. The number of carbonyl (C=O) groups excluding carboxylic acids is 3. The van der Waals surface area contributed by atoms with Crippen molar-refractivity contribution in [2.24, 2.45) is 23.7 Å². The third-order valence-corrected chi connectivity index (χ3v) is 6.14. The average molecular weight is 403 g/mol. The minimum Gasteiger partial charge on any atom is -0.462 e. The first-order valence-corrected chi connectivity index (χ1v) is 10.4. The summed E-state index contributed by atoms with van der Waals surface area (Å²) < 4.78 is 11.1. The number of hydrogen-bond donors (Lipinski definition) is 0. The van der Waals surface area contributed by atoms with Gasteiger partial charge in [0.1, 0.15) is 6.10 Å². The van der Waals surface area contributed by atoms with Gasteiger partial charge in [-0.05, 0) is 56.9 Å². The summed E-state index contributed by atoms with van der Waals surface area (Å²) in [4.78, 5) is 36.3. The fourth-order valence-corrected chi connectivity index (χ4v) is 4.80. The molecule has 0 saturated heterocycles. The quantitative estimate of drug-likeness (QED) is 0.481. The van der Waals surface area contributed by atoms with Crippen molar-refractivity contribution in [2.45, 2.75) is 73.0 Å². The Kier molecular flexibility index (Phi) is 7.61. The highest BCUT2D eigenvalue weighted by Gasteiger charge is 2.46. The lowest BCUT2D eigenvalue weighted by Gasteiger charge is -2.46. The number of fused-ring (bicyclic) bond motifs is 1. The van der Waals surface area contributed by atoms with Crippen molar-refractivity contribution in [3.63, 3.8) is 0 Å². The molecule has 0 amide bonds. The second-order valence-electron chi connectivity index (χ2n) is 8.81. The van der Waals surface area contributed by atoms with Gasteiger partial charge in [0.25, 0.3) is 0 Å². The Morgan fingerprint density at radius 3 is 2.38 bits per heavy atom. The van der Waals surface area contributed by atoms with Crippen LogP contribution < -0.4 is 0 Å². The number of esters is 2. The Hall–Kier alpha value is -2.17. The van der Waals surface area contributed by atoms with E-state index in [0.29, 0.717) is 6.42 Å². The van der Waals surface area contributed by atoms with Crippen molar-refractivity contribution < 1.29 is 23.9 Å². The molecule has 5 nitrogen and oxygen atoms in total. The van der Waals surface area contributed by atoms with Gasteiger partial charge in [-0.15, -0.1) is 0 Å². The molecule has 2 rings (SSSR count). The predicted molar refractivity (Wildman–Crippen MR) is 112 cm³/mol. The van der Waals surface area contributed by atoms with Crippen molar-refractivity contribution in [2.75, 3.05) is 0 Å². The third kappa shape index (κ3) is 5.68. The lowest BCUT2D eigenvalue weighted by atomic mass is 9.61. The van der Waals surface area contributed by atoms with Crippen molar-refractivity contribution in [1.29, 1.82) is 0 Å². The maximum atomic E-state index is 12.8. The molecule has 2 aliphatic carbocycles. The molecule has 0 aromatic heterocycles. The zero-order chi connectivity index (χ0) is 21.9. The van der Waals surface area contributed by atoms with Crippen LogP contribution in [0.3, 0.4) is 0 Å². The fourth-order valence-electron chi connectivity index (χ4n) is 4.80. The number of carbonyl (C=O) groups is 3. The van der Waals surface area contributed by atoms with Crippen LogP contribution in [0, 0.1) is 23.7 Å². The second kappa shape index (κ2) is 9.55. The standard InChI is InChI=1S/C24H34O5/c1-13(2)10-22(27)24(29-18(7)26)16(5)20-12-23(28-17(6)25)15(4)19-9-8-14(3)11-21(19)20/h10-11,15-16,19-20,23-24H,3,8-9,12H2,1-2,4-7H3/t15-,16-,19-,20-,23+,24-/m0/s1. The minimum absolute atomic E-state index is 0.0311. The Morgan fingerprint density at radius 1 is 1.17 bits per heavy atom. The molecule has 1 saturated carbocycles. The highest BCUT2D eigenvalue weighted by molar-refractivity contribution is 5.95. The molecular formula is C24H34O5. The highest BCUT2D eigenvalue weighted by Crippen LogP contribution is 2.48. The van der Waals surface area contributed by atoms with Crippen LogP contribution in [0.2, 0.25) is 0 Å². The zero-order valence-corrected chi connectivity index (χ0v) is 18.5. The number of hydrogen-bond acceptors (Lipinski definition) is 5. The minimum atomic E-state index is -0.865. The van der Waals surface area contributed by atoms with Gasteiger partial charge in [-0.3, -0.25) is 14.4 Å². The molecule has 0 radical (unpaired) electrons. The first-order valence-electron chi connectivity index (χ1n) is 10.4. The number of ketones is 1. The topological polar surface area (TPSA) is 69.7 Å². The van der Waals surface area contributed by atoms with E-state index in [1.54, 1.807) is 0 Å². The van der Waals surface area contributed by atoms with Crippen LogP contribution in [0.25, 0.3) is 0 Å². The van der Waals surface area contributed by atoms with Gasteiger partial charge in [0, 0.05) is 19.8 Å². The van der Waals surface area contributed by atoms with Crippen molar-refractivity contribution in [3.8, 4) is 0 Å². The van der Waals surface area contributed by atoms with Gasteiger partial charge < -0.3 is 9.47 Å². The van der Waals surface area contributed by atoms with E-state index < -0.39 is 12.1 Å². The van der Waals surface area contributed by atoms with Gasteiger partial charge in [-0.2, -0.15) is 0 Å². The molecule has 0 aliphatic heterocycles. The number of ether oxygens (including phenoxy) is 2. The van der Waals surface area contributed by atoms with Crippen LogP contribution in [0.1, 0.15) is 60.8 Å². The van der Waals surface area contributed by atoms with Crippen LogP contribution in [0.4, 0.5) is 0 Å². The summed E-state index contributed by atoms with van der Waals surface area (Å²) in [5, 5.41) is 0. The van der Waals surface area contributed by atoms with E-state index in [4.69, 9.17) is 9.47 Å². The van der Waals surface area contributed by atoms with Crippen LogP contribution >= 0.6 is 0 Å². The monoisotopic (exact) mass is 402 g/mol. The second-order valence-corrected chi connectivity index (χ2v) is 8.81. The van der Waals surface area contributed by atoms with Crippen LogP contribution in [0.15, 0.2) is 35.5 Å². The highest BCUT2D eigenvalue weighted by atomic mass is 16.5. The SMILES string of the molecule is C=C1C=C2[C@H]([C@H](C)[C@H](OC(C)=O)C(=O)C=C(C)C)C[C@@H](OC(C)=O)[C@@H](C)[C@@H]2CC1. The summed E-state index contributed by atoms with van der Waals surface area (Å²) in [5.41, 5.74) is 3.18. The number of rotatable bonds is 6. The normalized spacial score (nSPS) is 28.3. The van der Waals surface area contributed by atoms with E-state index in [1.807, 2.05) is 20.8 Å². The molecule has 0 aromatic rings. The van der Waals surface area contributed by atoms with E-state index in [2.05, 4.69) is 19.6 Å². The summed E-state index contributed by atoms with van der Waals surface area (Å²) in [6, 6.07) is 0. The smallest absolute Gasteiger partial charge is 0.303 e. The molecule has 1 fully saturated rings. The van der Waals surface area contributed by atoms with Gasteiger partial charge in [0.05, 0.1) is 0 Å². The van der Waals surface area contributed by atoms with E-state index in [1.165, 1.54) is 25.5 Å². The molecule has 5 heteroatoms. The molecule has 2 aliphatic rings. The van der Waals surface area contributed by atoms with Crippen molar-refractivity contribution in [3.05, 3.63) is 35.5 Å². The molecule has 0 aromatic carbocycles. The first-order chi connectivity index (χ1) is 13.5. The average Bonchev–Trinajstić information content (AvgIpc) is 2.60. The molecule has 0 heterocycles. The summed E-state index contributed by atoms with van der Waals surface area (Å²) in [5.74, 6) is -0.787. The predicted octanol–water partition coefficient (Wildman–Crippen LogP) is 4.57. The maximum absolute atomic E-state index is 12.8. The Morgan fingerprint density at radius 2 is 1.83 bits per heavy atom. The lowest BCUT2D eigenvalue weighted by Crippen LogP contribution is -2.46. The summed E-state index contributed by atoms with van der Waals surface area (Å²) >= 11 is 0. The molecule has 29 heavy (non-hydrogen) atoms. The molecule has 160 valence electrons. The van der Waals surface area contributed by atoms with Gasteiger partial charge in [0.2, 0.25) is 0 Å². The maximum Gasteiger partial charge on any atom is 0.303 e. The molecule has 0 bridgehead atoms. The molecular weight excluding hydrogens is 368 g/mol. The molecule has 6 atom stereocenters. The third-order valence-electron chi connectivity index (χ3n) is 6.14. The van der Waals surface area contributed by atoms with Gasteiger partial charge >= 0.3 is 11.9 Å². The van der Waals surface area contributed by atoms with Crippen LogP contribution in [0.5, 0.6) is 0 Å². The summed E-state index contributed by atoms with van der Waals surface area (Å²) in [6.45, 7) is 14.6. The van der Waals surface area contributed by atoms with Crippen molar-refractivity contribution >= 4 is 17.7 Å². The zero-order valence-electron chi connectivity index (χ0n) is 18.5. The van der Waals surface area contributed by atoms with E-state index in [9.17, 15) is 14.4 Å². The summed E-state index contributed by atoms with van der Waals surface area (Å²) in [7, 11) is 0. The van der Waals surface area contributed by atoms with Crippen molar-refractivity contribution in [1.82, 2.24) is 0 Å². The molecule has 0 N–H and O–H groups in total. The molecule has 0 spiro atoms. The largest absolute Gasteiger partial charge is 0.462 e. The Balaban J connectivity index is 2.42. The van der Waals surface area contributed by atoms with Crippen LogP contribution in [-0.4, -0.2) is 29.9 Å². The van der Waals surface area contributed by atoms with Gasteiger partial charge in [0.15, 0.2) is 11.9 Å². The lowest BCUT2D eigenvalue weighted by molar-refractivity contribution is -0.158. The summed E-state index contributed by atoms with van der Waals surface area (Å²) in [6.07, 6.45) is 5.07. The molecule has 0 unspecified atom stereocenters. The Labute approximate surface area is 174 Å². The number of allylic oxidation sites excluding steroid dienone is 4. The van der Waals surface area contributed by atoms with Gasteiger partial charge in [-0.25, -0.2) is 0 Å².